The van der Waals surface area contributed by atoms with Crippen molar-refractivity contribution in [2.24, 2.45) is 5.92 Å². The number of nitrogens with zero attached hydrogens (tertiary/aromatic N) is 2. The highest BCUT2D eigenvalue weighted by atomic mass is 35.5. The number of aromatic nitrogens is 1. The molecule has 1 aliphatic heterocycles. The second kappa shape index (κ2) is 6.92. The zero-order valence-electron chi connectivity index (χ0n) is 10.5. The molecule has 0 atom stereocenters. The van der Waals surface area contributed by atoms with Crippen LogP contribution in [0.2, 0.25) is 5.15 Å². The molecule has 1 saturated heterocycles. The summed E-state index contributed by atoms with van der Waals surface area (Å²) in [6.07, 6.45) is 4.09. The van der Waals surface area contributed by atoms with E-state index in [-0.39, 0.29) is 6.61 Å². The Morgan fingerprint density at radius 2 is 2.22 bits per heavy atom. The van der Waals surface area contributed by atoms with Gasteiger partial charge in [0.15, 0.2) is 0 Å². The molecule has 1 aromatic heterocycles. The fourth-order valence-electron chi connectivity index (χ4n) is 2.33. The molecule has 100 valence electrons. The van der Waals surface area contributed by atoms with Crippen molar-refractivity contribution in [3.63, 3.8) is 0 Å². The number of piperidine rings is 1. The highest BCUT2D eigenvalue weighted by Crippen LogP contribution is 2.18. The Hall–Kier alpha value is -0.840. The first-order chi connectivity index (χ1) is 8.78. The van der Waals surface area contributed by atoms with Gasteiger partial charge < -0.3 is 15.3 Å². The van der Waals surface area contributed by atoms with Gasteiger partial charge in [-0.3, -0.25) is 0 Å². The van der Waals surface area contributed by atoms with E-state index in [0.717, 1.165) is 31.9 Å². The summed E-state index contributed by atoms with van der Waals surface area (Å²) in [7, 11) is 0. The van der Waals surface area contributed by atoms with Crippen LogP contribution in [0.1, 0.15) is 12.8 Å². The molecule has 18 heavy (non-hydrogen) atoms. The minimum atomic E-state index is 0.262. The maximum absolute atomic E-state index is 8.89. The first-order valence-corrected chi connectivity index (χ1v) is 6.84. The van der Waals surface area contributed by atoms with E-state index in [1.807, 2.05) is 12.1 Å². The van der Waals surface area contributed by atoms with Crippen LogP contribution in [-0.4, -0.2) is 47.8 Å². The fraction of sp³-hybridized carbons (Fsp3) is 0.615. The second-order valence-electron chi connectivity index (χ2n) is 4.76. The number of hydrogen-bond donors (Lipinski definition) is 2. The van der Waals surface area contributed by atoms with Crippen LogP contribution < -0.4 is 5.32 Å². The number of hydrogen-bond acceptors (Lipinski definition) is 4. The van der Waals surface area contributed by atoms with Crippen LogP contribution in [0, 0.1) is 5.92 Å². The Labute approximate surface area is 113 Å². The quantitative estimate of drug-likeness (QED) is 0.801. The number of aliphatic hydroxyl groups is 1. The van der Waals surface area contributed by atoms with Gasteiger partial charge in [0, 0.05) is 25.0 Å². The molecular formula is C13H20ClN3O. The third-order valence-corrected chi connectivity index (χ3v) is 3.65. The van der Waals surface area contributed by atoms with E-state index in [2.05, 4.69) is 15.2 Å². The van der Waals surface area contributed by atoms with E-state index >= 15 is 0 Å². The molecule has 0 aromatic carbocycles. The predicted molar refractivity (Wildman–Crippen MR) is 74.0 cm³/mol. The van der Waals surface area contributed by atoms with Gasteiger partial charge in [0.05, 0.1) is 6.61 Å². The van der Waals surface area contributed by atoms with Crippen LogP contribution in [0.3, 0.4) is 0 Å². The van der Waals surface area contributed by atoms with E-state index in [9.17, 15) is 0 Å². The smallest absolute Gasteiger partial charge is 0.131 e. The van der Waals surface area contributed by atoms with Crippen molar-refractivity contribution in [2.75, 3.05) is 38.1 Å². The average molecular weight is 270 g/mol. The van der Waals surface area contributed by atoms with Gasteiger partial charge in [-0.2, -0.15) is 0 Å². The molecule has 5 heteroatoms. The fourth-order valence-corrected chi connectivity index (χ4v) is 2.50. The third-order valence-electron chi connectivity index (χ3n) is 3.44. The van der Waals surface area contributed by atoms with Gasteiger partial charge in [-0.1, -0.05) is 11.6 Å². The average Bonchev–Trinajstić information content (AvgIpc) is 2.38. The number of β-amino-alcohol motifs (C(OH)–C–C–N with tert-alkyl or cyclic N) is 1. The van der Waals surface area contributed by atoms with Gasteiger partial charge in [-0.05, 0) is 44.0 Å². The first-order valence-electron chi connectivity index (χ1n) is 6.46. The number of halogens is 1. The van der Waals surface area contributed by atoms with Gasteiger partial charge in [-0.15, -0.1) is 0 Å². The molecule has 0 spiro atoms. The Kier molecular flexibility index (Phi) is 5.23. The second-order valence-corrected chi connectivity index (χ2v) is 5.14. The van der Waals surface area contributed by atoms with Crippen LogP contribution >= 0.6 is 11.6 Å². The molecule has 1 fully saturated rings. The molecule has 0 aliphatic carbocycles. The Balaban J connectivity index is 1.72. The van der Waals surface area contributed by atoms with Crippen molar-refractivity contribution in [3.8, 4) is 0 Å². The summed E-state index contributed by atoms with van der Waals surface area (Å²) in [4.78, 5) is 6.28. The number of rotatable bonds is 5. The molecule has 2 rings (SSSR count). The maximum atomic E-state index is 8.89. The normalized spacial score (nSPS) is 17.9. The van der Waals surface area contributed by atoms with Crippen molar-refractivity contribution < 1.29 is 5.11 Å². The Morgan fingerprint density at radius 1 is 1.44 bits per heavy atom. The van der Waals surface area contributed by atoms with E-state index in [0.29, 0.717) is 11.1 Å². The van der Waals surface area contributed by atoms with Gasteiger partial charge in [0.2, 0.25) is 0 Å². The number of aliphatic hydroxyl groups excluding tert-OH is 1. The van der Waals surface area contributed by atoms with Crippen molar-refractivity contribution in [1.29, 1.82) is 0 Å². The topological polar surface area (TPSA) is 48.4 Å². The van der Waals surface area contributed by atoms with Gasteiger partial charge >= 0.3 is 0 Å². The Morgan fingerprint density at radius 3 is 2.89 bits per heavy atom. The van der Waals surface area contributed by atoms with Crippen LogP contribution in [-0.2, 0) is 0 Å². The lowest BCUT2D eigenvalue weighted by Crippen LogP contribution is -2.37. The zero-order chi connectivity index (χ0) is 12.8. The first kappa shape index (κ1) is 13.6. The molecule has 2 heterocycles. The molecule has 1 aromatic rings. The van der Waals surface area contributed by atoms with E-state index < -0.39 is 0 Å². The summed E-state index contributed by atoms with van der Waals surface area (Å²) < 4.78 is 0. The summed E-state index contributed by atoms with van der Waals surface area (Å²) in [6, 6.07) is 3.79. The third kappa shape index (κ3) is 4.12. The SMILES string of the molecule is OCCN1CCC(CNc2ccnc(Cl)c2)CC1. The Bertz CT molecular complexity index is 367. The van der Waals surface area contributed by atoms with Crippen molar-refractivity contribution in [3.05, 3.63) is 23.5 Å². The highest BCUT2D eigenvalue weighted by Gasteiger charge is 2.18. The van der Waals surface area contributed by atoms with E-state index in [1.165, 1.54) is 12.8 Å². The summed E-state index contributed by atoms with van der Waals surface area (Å²) in [5.41, 5.74) is 1.03. The van der Waals surface area contributed by atoms with E-state index in [4.69, 9.17) is 16.7 Å². The van der Waals surface area contributed by atoms with Gasteiger partial charge in [0.1, 0.15) is 5.15 Å². The summed E-state index contributed by atoms with van der Waals surface area (Å²) in [6.45, 7) is 4.22. The molecule has 0 radical (unpaired) electrons. The lowest BCUT2D eigenvalue weighted by Gasteiger charge is -2.31. The summed E-state index contributed by atoms with van der Waals surface area (Å²) in [5, 5.41) is 12.8. The molecule has 2 N–H and O–H groups in total. The van der Waals surface area contributed by atoms with Crippen molar-refractivity contribution >= 4 is 17.3 Å². The minimum Gasteiger partial charge on any atom is -0.395 e. The van der Waals surface area contributed by atoms with E-state index in [1.54, 1.807) is 6.20 Å². The van der Waals surface area contributed by atoms with Crippen LogP contribution in [0.4, 0.5) is 5.69 Å². The largest absolute Gasteiger partial charge is 0.395 e. The molecule has 0 amide bonds. The lowest BCUT2D eigenvalue weighted by atomic mass is 9.97. The number of pyridine rings is 1. The van der Waals surface area contributed by atoms with Gasteiger partial charge in [-0.25, -0.2) is 4.98 Å². The van der Waals surface area contributed by atoms with Gasteiger partial charge in [0.25, 0.3) is 0 Å². The highest BCUT2D eigenvalue weighted by molar-refractivity contribution is 6.29. The number of nitrogens with one attached hydrogen (secondary N) is 1. The lowest BCUT2D eigenvalue weighted by molar-refractivity contribution is 0.151. The minimum absolute atomic E-state index is 0.262. The van der Waals surface area contributed by atoms with Crippen molar-refractivity contribution in [1.82, 2.24) is 9.88 Å². The van der Waals surface area contributed by atoms with Crippen LogP contribution in [0.15, 0.2) is 18.3 Å². The molecule has 0 saturated carbocycles. The molecule has 0 unspecified atom stereocenters. The monoisotopic (exact) mass is 269 g/mol. The predicted octanol–water partition coefficient (Wildman–Crippen LogP) is 1.85. The zero-order valence-corrected chi connectivity index (χ0v) is 11.2. The van der Waals surface area contributed by atoms with Crippen LogP contribution in [0.5, 0.6) is 0 Å². The molecule has 4 nitrogen and oxygen atoms in total. The molecule has 1 aliphatic rings. The van der Waals surface area contributed by atoms with Crippen molar-refractivity contribution in [2.45, 2.75) is 12.8 Å². The standard InChI is InChI=1S/C13H20ClN3O/c14-13-9-12(1-4-15-13)16-10-11-2-5-17(6-3-11)7-8-18/h1,4,9,11,18H,2-3,5-8,10H2,(H,15,16). The molecule has 0 bridgehead atoms. The van der Waals surface area contributed by atoms with Crippen LogP contribution in [0.25, 0.3) is 0 Å². The number of anilines is 1. The maximum Gasteiger partial charge on any atom is 0.131 e. The summed E-state index contributed by atoms with van der Waals surface area (Å²) in [5.74, 6) is 0.701. The molecular weight excluding hydrogens is 250 g/mol. The number of likely N-dealkylation sites (tertiary alicyclic amines) is 1. The summed E-state index contributed by atoms with van der Waals surface area (Å²) >= 11 is 5.84.